The number of halogens is 4. The number of nitrogens with one attached hydrogen (secondary N) is 1. The predicted molar refractivity (Wildman–Crippen MR) is 132 cm³/mol. The van der Waals surface area contributed by atoms with Gasteiger partial charge in [-0.2, -0.15) is 13.2 Å². The number of aryl methyl sites for hydroxylation is 1. The number of rotatable bonds is 8. The van der Waals surface area contributed by atoms with Crippen molar-refractivity contribution in [3.05, 3.63) is 117 Å². The van der Waals surface area contributed by atoms with Crippen molar-refractivity contribution in [2.75, 3.05) is 5.32 Å². The van der Waals surface area contributed by atoms with E-state index in [9.17, 15) is 22.4 Å². The molecule has 9 heteroatoms. The number of alkyl halides is 3. The average Bonchev–Trinajstić information content (AvgIpc) is 3.30. The fraction of sp³-hybridized carbons (Fsp3) is 0.185. The van der Waals surface area contributed by atoms with Crippen LogP contribution in [0, 0.1) is 12.7 Å². The lowest BCUT2D eigenvalue weighted by molar-refractivity contribution is -0.137. The van der Waals surface area contributed by atoms with E-state index in [1.807, 2.05) is 19.1 Å². The highest BCUT2D eigenvalue weighted by molar-refractivity contribution is 7.09. The van der Waals surface area contributed by atoms with Crippen LogP contribution in [-0.4, -0.2) is 15.8 Å². The minimum atomic E-state index is -4.46. The summed E-state index contributed by atoms with van der Waals surface area (Å²) in [7, 11) is 0. The van der Waals surface area contributed by atoms with Gasteiger partial charge in [-0.3, -0.25) is 9.69 Å². The fourth-order valence-corrected chi connectivity index (χ4v) is 4.47. The molecule has 4 nitrogen and oxygen atoms in total. The number of amides is 1. The molecule has 1 heterocycles. The van der Waals surface area contributed by atoms with E-state index in [4.69, 9.17) is 0 Å². The van der Waals surface area contributed by atoms with Crippen molar-refractivity contribution < 1.29 is 22.4 Å². The Morgan fingerprint density at radius 3 is 2.44 bits per heavy atom. The first-order valence-electron chi connectivity index (χ1n) is 11.1. The zero-order chi connectivity index (χ0) is 25.7. The summed E-state index contributed by atoms with van der Waals surface area (Å²) in [5.41, 5.74) is 2.06. The SMILES string of the molecule is Cc1ccc(NC(=O)c2csc(CN(Cc3cccc(C(F)(F)F)c3)Cc3ccccc3F)n2)cc1. The van der Waals surface area contributed by atoms with E-state index in [0.29, 0.717) is 21.8 Å². The number of carbonyl (C=O) groups excluding carboxylic acids is 1. The van der Waals surface area contributed by atoms with Crippen LogP contribution in [0.25, 0.3) is 0 Å². The molecule has 36 heavy (non-hydrogen) atoms. The third kappa shape index (κ3) is 6.77. The Labute approximate surface area is 210 Å². The van der Waals surface area contributed by atoms with Gasteiger partial charge >= 0.3 is 6.18 Å². The van der Waals surface area contributed by atoms with Crippen molar-refractivity contribution in [1.82, 2.24) is 9.88 Å². The molecule has 0 aliphatic heterocycles. The summed E-state index contributed by atoms with van der Waals surface area (Å²) < 4.78 is 53.9. The number of anilines is 1. The van der Waals surface area contributed by atoms with Gasteiger partial charge in [-0.25, -0.2) is 9.37 Å². The van der Waals surface area contributed by atoms with Crippen LogP contribution in [0.3, 0.4) is 0 Å². The number of hydrogen-bond donors (Lipinski definition) is 1. The lowest BCUT2D eigenvalue weighted by Gasteiger charge is -2.22. The normalized spacial score (nSPS) is 11.6. The summed E-state index contributed by atoms with van der Waals surface area (Å²) >= 11 is 1.26. The van der Waals surface area contributed by atoms with Crippen LogP contribution in [0.15, 0.2) is 78.2 Å². The molecule has 1 amide bonds. The number of nitrogens with zero attached hydrogens (tertiary/aromatic N) is 2. The molecule has 0 atom stereocenters. The number of thiazole rings is 1. The van der Waals surface area contributed by atoms with Gasteiger partial charge in [0, 0.05) is 29.7 Å². The van der Waals surface area contributed by atoms with E-state index in [1.54, 1.807) is 46.7 Å². The van der Waals surface area contributed by atoms with Crippen molar-refractivity contribution in [2.24, 2.45) is 0 Å². The van der Waals surface area contributed by atoms with Gasteiger partial charge in [-0.15, -0.1) is 11.3 Å². The summed E-state index contributed by atoms with van der Waals surface area (Å²) in [6, 6.07) is 18.7. The zero-order valence-electron chi connectivity index (χ0n) is 19.3. The van der Waals surface area contributed by atoms with Gasteiger partial charge < -0.3 is 5.32 Å². The molecule has 0 saturated heterocycles. The maximum absolute atomic E-state index is 14.3. The Kier molecular flexibility index (Phi) is 7.81. The van der Waals surface area contributed by atoms with Gasteiger partial charge in [0.2, 0.25) is 0 Å². The van der Waals surface area contributed by atoms with Gasteiger partial charge in [0.05, 0.1) is 12.1 Å². The highest BCUT2D eigenvalue weighted by Crippen LogP contribution is 2.30. The molecule has 0 radical (unpaired) electrons. The first kappa shape index (κ1) is 25.5. The van der Waals surface area contributed by atoms with E-state index in [0.717, 1.165) is 17.7 Å². The Hall–Kier alpha value is -3.56. The second-order valence-electron chi connectivity index (χ2n) is 8.38. The quantitative estimate of drug-likeness (QED) is 0.257. The van der Waals surface area contributed by atoms with Crippen molar-refractivity contribution in [3.8, 4) is 0 Å². The fourth-order valence-electron chi connectivity index (χ4n) is 3.65. The predicted octanol–water partition coefficient (Wildman–Crippen LogP) is 7.06. The van der Waals surface area contributed by atoms with E-state index in [2.05, 4.69) is 10.3 Å². The van der Waals surface area contributed by atoms with Crippen molar-refractivity contribution >= 4 is 22.9 Å². The monoisotopic (exact) mass is 513 g/mol. The number of aromatic nitrogens is 1. The Morgan fingerprint density at radius 1 is 0.972 bits per heavy atom. The second kappa shape index (κ2) is 11.0. The number of hydrogen-bond acceptors (Lipinski definition) is 4. The molecular weight excluding hydrogens is 490 g/mol. The molecule has 4 aromatic rings. The third-order valence-electron chi connectivity index (χ3n) is 5.46. The van der Waals surface area contributed by atoms with E-state index >= 15 is 0 Å². The second-order valence-corrected chi connectivity index (χ2v) is 9.32. The number of carbonyl (C=O) groups is 1. The summed E-state index contributed by atoms with van der Waals surface area (Å²) in [6.45, 7) is 2.48. The van der Waals surface area contributed by atoms with Gasteiger partial charge in [0.25, 0.3) is 5.91 Å². The maximum atomic E-state index is 14.3. The average molecular weight is 514 g/mol. The van der Waals surface area contributed by atoms with Crippen molar-refractivity contribution in [3.63, 3.8) is 0 Å². The van der Waals surface area contributed by atoms with Crippen LogP contribution < -0.4 is 5.32 Å². The van der Waals surface area contributed by atoms with Gasteiger partial charge in [-0.05, 0) is 36.8 Å². The smallest absolute Gasteiger partial charge is 0.321 e. The van der Waals surface area contributed by atoms with Crippen LogP contribution >= 0.6 is 11.3 Å². The number of benzene rings is 3. The van der Waals surface area contributed by atoms with Crippen molar-refractivity contribution in [1.29, 1.82) is 0 Å². The lowest BCUT2D eigenvalue weighted by Crippen LogP contribution is -2.23. The van der Waals surface area contributed by atoms with Gasteiger partial charge in [0.15, 0.2) is 0 Å². The Balaban J connectivity index is 1.52. The topological polar surface area (TPSA) is 45.2 Å². The molecule has 0 aliphatic carbocycles. The molecule has 3 aromatic carbocycles. The van der Waals surface area contributed by atoms with Crippen LogP contribution in [-0.2, 0) is 25.8 Å². The standard InChI is InChI=1S/C27H23F4N3OS/c1-18-9-11-22(12-10-18)32-26(35)24-17-36-25(33-24)16-34(15-20-6-2-3-8-23(20)28)14-19-5-4-7-21(13-19)27(29,30)31/h2-13,17H,14-16H2,1H3,(H,32,35). The summed E-state index contributed by atoms with van der Waals surface area (Å²) in [5, 5.41) is 5.01. The molecule has 0 unspecified atom stereocenters. The minimum absolute atomic E-state index is 0.142. The Bertz CT molecular complexity index is 1340. The summed E-state index contributed by atoms with van der Waals surface area (Å²) in [4.78, 5) is 18.8. The van der Waals surface area contributed by atoms with E-state index in [-0.39, 0.29) is 31.2 Å². The minimum Gasteiger partial charge on any atom is -0.321 e. The van der Waals surface area contributed by atoms with E-state index < -0.39 is 17.6 Å². The zero-order valence-corrected chi connectivity index (χ0v) is 20.2. The largest absolute Gasteiger partial charge is 0.416 e. The van der Waals surface area contributed by atoms with Crippen LogP contribution in [0.5, 0.6) is 0 Å². The Morgan fingerprint density at radius 2 is 1.72 bits per heavy atom. The van der Waals surface area contributed by atoms with E-state index in [1.165, 1.54) is 23.5 Å². The molecule has 1 N–H and O–H groups in total. The molecule has 0 fully saturated rings. The molecular formula is C27H23F4N3OS. The third-order valence-corrected chi connectivity index (χ3v) is 6.30. The summed E-state index contributed by atoms with van der Waals surface area (Å²) in [5.74, 6) is -0.760. The highest BCUT2D eigenvalue weighted by Gasteiger charge is 2.30. The van der Waals surface area contributed by atoms with Gasteiger partial charge in [-0.1, -0.05) is 54.1 Å². The molecule has 0 spiro atoms. The highest BCUT2D eigenvalue weighted by atomic mass is 32.1. The first-order valence-corrected chi connectivity index (χ1v) is 12.0. The molecule has 4 rings (SSSR count). The lowest BCUT2D eigenvalue weighted by atomic mass is 10.1. The molecule has 0 saturated carbocycles. The molecule has 1 aromatic heterocycles. The molecule has 186 valence electrons. The van der Waals surface area contributed by atoms with Crippen molar-refractivity contribution in [2.45, 2.75) is 32.7 Å². The van der Waals surface area contributed by atoms with Crippen LogP contribution in [0.2, 0.25) is 0 Å². The van der Waals surface area contributed by atoms with Gasteiger partial charge in [0.1, 0.15) is 16.5 Å². The molecule has 0 aliphatic rings. The van der Waals surface area contributed by atoms with Crippen LogP contribution in [0.1, 0.15) is 37.7 Å². The first-order chi connectivity index (χ1) is 17.2. The molecule has 0 bridgehead atoms. The maximum Gasteiger partial charge on any atom is 0.416 e. The van der Waals surface area contributed by atoms with Crippen LogP contribution in [0.4, 0.5) is 23.2 Å². The summed E-state index contributed by atoms with van der Waals surface area (Å²) in [6.07, 6.45) is -4.46.